The van der Waals surface area contributed by atoms with Crippen LogP contribution >= 0.6 is 0 Å². The van der Waals surface area contributed by atoms with Crippen LogP contribution in [0, 0.1) is 0 Å². The van der Waals surface area contributed by atoms with Crippen molar-refractivity contribution in [2.45, 2.75) is 26.7 Å². The third-order valence-corrected chi connectivity index (χ3v) is 3.95. The SMILES string of the molecule is CCCN(CCC)C(=O)c1ccc(Nc2cc(OC)ccc2OC)nc1. The lowest BCUT2D eigenvalue weighted by Crippen LogP contribution is -2.32. The minimum Gasteiger partial charge on any atom is -0.497 e. The van der Waals surface area contributed by atoms with Gasteiger partial charge in [0.05, 0.1) is 25.5 Å². The van der Waals surface area contributed by atoms with E-state index in [9.17, 15) is 4.79 Å². The van der Waals surface area contributed by atoms with Gasteiger partial charge in [0.15, 0.2) is 0 Å². The van der Waals surface area contributed by atoms with Crippen molar-refractivity contribution < 1.29 is 14.3 Å². The summed E-state index contributed by atoms with van der Waals surface area (Å²) in [4.78, 5) is 18.9. The van der Waals surface area contributed by atoms with Crippen molar-refractivity contribution in [1.29, 1.82) is 0 Å². The predicted octanol–water partition coefficient (Wildman–Crippen LogP) is 4.10. The van der Waals surface area contributed by atoms with E-state index in [1.54, 1.807) is 32.5 Å². The van der Waals surface area contributed by atoms with Gasteiger partial charge in [0.2, 0.25) is 0 Å². The number of anilines is 2. The minimum atomic E-state index is 0.0201. The zero-order valence-electron chi connectivity index (χ0n) is 15.9. The van der Waals surface area contributed by atoms with Gasteiger partial charge in [-0.3, -0.25) is 4.79 Å². The number of hydrogen-bond acceptors (Lipinski definition) is 5. The van der Waals surface area contributed by atoms with Crippen molar-refractivity contribution in [2.75, 3.05) is 32.6 Å². The Bertz CT molecular complexity index is 711. The number of benzene rings is 1. The molecule has 0 fully saturated rings. The fourth-order valence-corrected chi connectivity index (χ4v) is 2.68. The largest absolute Gasteiger partial charge is 0.497 e. The molecule has 0 radical (unpaired) electrons. The summed E-state index contributed by atoms with van der Waals surface area (Å²) in [6, 6.07) is 9.08. The summed E-state index contributed by atoms with van der Waals surface area (Å²) in [6.07, 6.45) is 3.48. The molecule has 0 bridgehead atoms. The fourth-order valence-electron chi connectivity index (χ4n) is 2.68. The second kappa shape index (κ2) is 9.65. The number of ether oxygens (including phenoxy) is 2. The highest BCUT2D eigenvalue weighted by Crippen LogP contribution is 2.31. The molecule has 6 heteroatoms. The first-order chi connectivity index (χ1) is 12.6. The Morgan fingerprint density at radius 3 is 2.35 bits per heavy atom. The fraction of sp³-hybridized carbons (Fsp3) is 0.400. The molecule has 1 aromatic heterocycles. The number of pyridine rings is 1. The molecule has 1 N–H and O–H groups in total. The number of nitrogens with one attached hydrogen (secondary N) is 1. The number of amides is 1. The van der Waals surface area contributed by atoms with Gasteiger partial charge >= 0.3 is 0 Å². The van der Waals surface area contributed by atoms with Crippen LogP contribution in [0.2, 0.25) is 0 Å². The van der Waals surface area contributed by atoms with Crippen molar-refractivity contribution in [2.24, 2.45) is 0 Å². The van der Waals surface area contributed by atoms with E-state index in [0.717, 1.165) is 37.4 Å². The van der Waals surface area contributed by atoms with E-state index in [1.807, 2.05) is 23.1 Å². The molecular formula is C20H27N3O3. The first kappa shape index (κ1) is 19.6. The van der Waals surface area contributed by atoms with Crippen LogP contribution in [-0.2, 0) is 0 Å². The van der Waals surface area contributed by atoms with Gasteiger partial charge in [-0.05, 0) is 37.1 Å². The topological polar surface area (TPSA) is 63.7 Å². The van der Waals surface area contributed by atoms with Crippen LogP contribution < -0.4 is 14.8 Å². The average molecular weight is 357 g/mol. The minimum absolute atomic E-state index is 0.0201. The number of aromatic nitrogens is 1. The molecule has 1 amide bonds. The van der Waals surface area contributed by atoms with E-state index in [0.29, 0.717) is 17.1 Å². The van der Waals surface area contributed by atoms with Gasteiger partial charge in [0.1, 0.15) is 17.3 Å². The van der Waals surface area contributed by atoms with Crippen molar-refractivity contribution in [3.8, 4) is 11.5 Å². The highest BCUT2D eigenvalue weighted by atomic mass is 16.5. The lowest BCUT2D eigenvalue weighted by atomic mass is 10.2. The van der Waals surface area contributed by atoms with Crippen molar-refractivity contribution in [1.82, 2.24) is 9.88 Å². The second-order valence-corrected chi connectivity index (χ2v) is 5.92. The molecule has 0 atom stereocenters. The Morgan fingerprint density at radius 2 is 1.81 bits per heavy atom. The summed E-state index contributed by atoms with van der Waals surface area (Å²) in [5.74, 6) is 2.05. The van der Waals surface area contributed by atoms with Crippen molar-refractivity contribution in [3.05, 3.63) is 42.1 Å². The monoisotopic (exact) mass is 357 g/mol. The zero-order valence-corrected chi connectivity index (χ0v) is 15.9. The summed E-state index contributed by atoms with van der Waals surface area (Å²) in [6.45, 7) is 5.66. The van der Waals surface area contributed by atoms with Crippen molar-refractivity contribution in [3.63, 3.8) is 0 Å². The number of nitrogens with zero attached hydrogens (tertiary/aromatic N) is 2. The van der Waals surface area contributed by atoms with Gasteiger partial charge in [0.25, 0.3) is 5.91 Å². The van der Waals surface area contributed by atoms with E-state index in [4.69, 9.17) is 9.47 Å². The maximum atomic E-state index is 12.6. The Balaban J connectivity index is 2.16. The third kappa shape index (κ3) is 4.88. The summed E-state index contributed by atoms with van der Waals surface area (Å²) in [5.41, 5.74) is 1.34. The van der Waals surface area contributed by atoms with E-state index < -0.39 is 0 Å². The Morgan fingerprint density at radius 1 is 1.08 bits per heavy atom. The molecule has 1 heterocycles. The van der Waals surface area contributed by atoms with Gasteiger partial charge < -0.3 is 19.7 Å². The van der Waals surface area contributed by atoms with Gasteiger partial charge in [-0.1, -0.05) is 13.8 Å². The van der Waals surface area contributed by atoms with Gasteiger partial charge in [-0.25, -0.2) is 4.98 Å². The molecule has 6 nitrogen and oxygen atoms in total. The standard InChI is InChI=1S/C20H27N3O3/c1-5-11-23(12-6-2)20(24)15-7-10-19(21-14-15)22-17-13-16(25-3)8-9-18(17)26-4/h7-10,13-14H,5-6,11-12H2,1-4H3,(H,21,22). The normalized spacial score (nSPS) is 10.3. The summed E-state index contributed by atoms with van der Waals surface area (Å²) >= 11 is 0. The molecule has 0 aliphatic carbocycles. The number of rotatable bonds is 9. The molecule has 0 spiro atoms. The molecule has 2 aromatic rings. The summed E-state index contributed by atoms with van der Waals surface area (Å²) in [7, 11) is 3.22. The van der Waals surface area contributed by atoms with Crippen LogP contribution in [0.4, 0.5) is 11.5 Å². The van der Waals surface area contributed by atoms with E-state index >= 15 is 0 Å². The van der Waals surface area contributed by atoms with Crippen LogP contribution in [0.5, 0.6) is 11.5 Å². The molecular weight excluding hydrogens is 330 g/mol. The highest BCUT2D eigenvalue weighted by Gasteiger charge is 2.15. The lowest BCUT2D eigenvalue weighted by molar-refractivity contribution is 0.0755. The molecule has 0 aliphatic heterocycles. The maximum Gasteiger partial charge on any atom is 0.255 e. The number of hydrogen-bond donors (Lipinski definition) is 1. The third-order valence-electron chi connectivity index (χ3n) is 3.95. The number of carbonyl (C=O) groups excluding carboxylic acids is 1. The van der Waals surface area contributed by atoms with E-state index in [2.05, 4.69) is 24.1 Å². The molecule has 0 aliphatic rings. The van der Waals surface area contributed by atoms with Crippen LogP contribution in [0.3, 0.4) is 0 Å². The van der Waals surface area contributed by atoms with Crippen molar-refractivity contribution >= 4 is 17.4 Å². The van der Waals surface area contributed by atoms with Gasteiger partial charge in [-0.2, -0.15) is 0 Å². The van der Waals surface area contributed by atoms with Gasteiger partial charge in [0, 0.05) is 25.4 Å². The Hall–Kier alpha value is -2.76. The second-order valence-electron chi connectivity index (χ2n) is 5.92. The van der Waals surface area contributed by atoms with Crippen LogP contribution in [0.15, 0.2) is 36.5 Å². The summed E-state index contributed by atoms with van der Waals surface area (Å²) < 4.78 is 10.6. The number of carbonyl (C=O) groups is 1. The maximum absolute atomic E-state index is 12.6. The predicted molar refractivity (Wildman–Crippen MR) is 104 cm³/mol. The van der Waals surface area contributed by atoms with Gasteiger partial charge in [-0.15, -0.1) is 0 Å². The van der Waals surface area contributed by atoms with Crippen LogP contribution in [0.25, 0.3) is 0 Å². The molecule has 2 rings (SSSR count). The zero-order chi connectivity index (χ0) is 18.9. The van der Waals surface area contributed by atoms with Crippen LogP contribution in [-0.4, -0.2) is 43.1 Å². The molecule has 0 saturated heterocycles. The molecule has 140 valence electrons. The Kier molecular flexibility index (Phi) is 7.26. The smallest absolute Gasteiger partial charge is 0.255 e. The number of methoxy groups -OCH3 is 2. The first-order valence-corrected chi connectivity index (χ1v) is 8.87. The van der Waals surface area contributed by atoms with E-state index in [1.165, 1.54) is 0 Å². The highest BCUT2D eigenvalue weighted by molar-refractivity contribution is 5.94. The molecule has 26 heavy (non-hydrogen) atoms. The van der Waals surface area contributed by atoms with E-state index in [-0.39, 0.29) is 5.91 Å². The Labute approximate surface area is 155 Å². The molecule has 0 saturated carbocycles. The molecule has 1 aromatic carbocycles. The first-order valence-electron chi connectivity index (χ1n) is 8.87. The molecule has 0 unspecified atom stereocenters. The quantitative estimate of drug-likeness (QED) is 0.732. The summed E-state index contributed by atoms with van der Waals surface area (Å²) in [5, 5.41) is 3.20. The average Bonchev–Trinajstić information content (AvgIpc) is 2.67. The lowest BCUT2D eigenvalue weighted by Gasteiger charge is -2.21. The van der Waals surface area contributed by atoms with Crippen LogP contribution in [0.1, 0.15) is 37.0 Å².